The van der Waals surface area contributed by atoms with Crippen molar-refractivity contribution in [3.8, 4) is 11.5 Å². The highest BCUT2D eigenvalue weighted by atomic mass is 35.5. The minimum absolute atomic E-state index is 0.454. The van der Waals surface area contributed by atoms with Gasteiger partial charge in [-0.1, -0.05) is 41.9 Å². The van der Waals surface area contributed by atoms with Gasteiger partial charge in [0.2, 0.25) is 0 Å². The molecular formula is C18H20ClN3O2S. The molecule has 2 aromatic rings. The second kappa shape index (κ2) is 9.25. The van der Waals surface area contributed by atoms with Gasteiger partial charge in [0.05, 0.1) is 25.5 Å². The molecule has 2 rings (SSSR count). The van der Waals surface area contributed by atoms with Crippen molar-refractivity contribution in [2.45, 2.75) is 6.54 Å². The van der Waals surface area contributed by atoms with Crippen LogP contribution in [-0.2, 0) is 6.54 Å². The zero-order valence-corrected chi connectivity index (χ0v) is 15.9. The standard InChI is InChI=1S/C18H20ClN3O2S/c1-22(18(25)20-11-13-7-5-4-6-8-13)21-12-14-9-15(19)17(24-3)16(10-14)23-2/h4-10,12H,11H2,1-3H3,(H,20,25)/b21-12-. The summed E-state index contributed by atoms with van der Waals surface area (Å²) in [5.41, 5.74) is 1.93. The van der Waals surface area contributed by atoms with Gasteiger partial charge in [-0.2, -0.15) is 5.10 Å². The Morgan fingerprint density at radius 1 is 1.24 bits per heavy atom. The van der Waals surface area contributed by atoms with Crippen LogP contribution in [0, 0.1) is 0 Å². The van der Waals surface area contributed by atoms with Crippen molar-refractivity contribution in [2.24, 2.45) is 5.10 Å². The van der Waals surface area contributed by atoms with Crippen LogP contribution in [0.4, 0.5) is 0 Å². The van der Waals surface area contributed by atoms with Gasteiger partial charge in [-0.3, -0.25) is 0 Å². The molecule has 0 aliphatic heterocycles. The van der Waals surface area contributed by atoms with Gasteiger partial charge in [0, 0.05) is 13.6 Å². The van der Waals surface area contributed by atoms with Crippen molar-refractivity contribution in [3.63, 3.8) is 0 Å². The first kappa shape index (κ1) is 19.0. The molecule has 0 bridgehead atoms. The fourth-order valence-corrected chi connectivity index (χ4v) is 2.52. The minimum Gasteiger partial charge on any atom is -0.493 e. The molecule has 2 aromatic carbocycles. The van der Waals surface area contributed by atoms with Crippen LogP contribution in [-0.4, -0.2) is 37.6 Å². The van der Waals surface area contributed by atoms with E-state index in [0.29, 0.717) is 28.2 Å². The molecule has 0 aromatic heterocycles. The SMILES string of the molecule is COc1cc(/C=N\N(C)C(=S)NCc2ccccc2)cc(Cl)c1OC. The summed E-state index contributed by atoms with van der Waals surface area (Å²) in [7, 11) is 4.88. The zero-order valence-electron chi connectivity index (χ0n) is 14.3. The molecule has 0 atom stereocenters. The summed E-state index contributed by atoms with van der Waals surface area (Å²) in [6.07, 6.45) is 1.66. The summed E-state index contributed by atoms with van der Waals surface area (Å²) >= 11 is 11.5. The Balaban J connectivity index is 2.00. The van der Waals surface area contributed by atoms with Crippen LogP contribution in [0.5, 0.6) is 11.5 Å². The molecule has 0 saturated carbocycles. The lowest BCUT2D eigenvalue weighted by molar-refractivity contribution is 0.355. The van der Waals surface area contributed by atoms with Crippen molar-refractivity contribution in [3.05, 3.63) is 58.6 Å². The van der Waals surface area contributed by atoms with Crippen molar-refractivity contribution < 1.29 is 9.47 Å². The largest absolute Gasteiger partial charge is 0.493 e. The van der Waals surface area contributed by atoms with E-state index in [-0.39, 0.29) is 0 Å². The predicted octanol–water partition coefficient (Wildman–Crippen LogP) is 3.70. The fraction of sp³-hybridized carbons (Fsp3) is 0.222. The van der Waals surface area contributed by atoms with Crippen LogP contribution >= 0.6 is 23.8 Å². The van der Waals surface area contributed by atoms with Gasteiger partial charge in [0.15, 0.2) is 16.6 Å². The van der Waals surface area contributed by atoms with E-state index in [2.05, 4.69) is 10.4 Å². The Labute approximate surface area is 158 Å². The molecule has 5 nitrogen and oxygen atoms in total. The van der Waals surface area contributed by atoms with E-state index in [1.54, 1.807) is 44.6 Å². The van der Waals surface area contributed by atoms with E-state index in [9.17, 15) is 0 Å². The molecule has 7 heteroatoms. The maximum atomic E-state index is 6.19. The van der Waals surface area contributed by atoms with Gasteiger partial charge in [0.25, 0.3) is 0 Å². The second-order valence-corrected chi connectivity index (χ2v) is 5.94. The highest BCUT2D eigenvalue weighted by Crippen LogP contribution is 2.35. The Hall–Kier alpha value is -2.31. The van der Waals surface area contributed by atoms with Crippen LogP contribution < -0.4 is 14.8 Å². The number of halogens is 1. The molecular weight excluding hydrogens is 358 g/mol. The molecule has 0 unspecified atom stereocenters. The summed E-state index contributed by atoms with van der Waals surface area (Å²) < 4.78 is 10.5. The third kappa shape index (κ3) is 5.34. The van der Waals surface area contributed by atoms with Gasteiger partial charge in [-0.15, -0.1) is 0 Å². The number of methoxy groups -OCH3 is 2. The molecule has 0 amide bonds. The molecule has 1 N–H and O–H groups in total. The molecule has 132 valence electrons. The summed E-state index contributed by atoms with van der Waals surface area (Å²) in [5, 5.41) is 10.0. The number of rotatable bonds is 6. The highest BCUT2D eigenvalue weighted by molar-refractivity contribution is 7.80. The first-order valence-corrected chi connectivity index (χ1v) is 8.34. The summed E-state index contributed by atoms with van der Waals surface area (Å²) in [4.78, 5) is 0. The van der Waals surface area contributed by atoms with Crippen LogP contribution in [0.15, 0.2) is 47.6 Å². The Morgan fingerprint density at radius 2 is 1.96 bits per heavy atom. The number of thiocarbonyl (C=S) groups is 1. The Bertz CT molecular complexity index is 753. The Kier molecular flexibility index (Phi) is 7.03. The van der Waals surface area contributed by atoms with Gasteiger partial charge in [0.1, 0.15) is 0 Å². The van der Waals surface area contributed by atoms with E-state index in [1.165, 1.54) is 0 Å². The maximum Gasteiger partial charge on any atom is 0.189 e. The van der Waals surface area contributed by atoms with Gasteiger partial charge in [-0.25, -0.2) is 5.01 Å². The van der Waals surface area contributed by atoms with Crippen LogP contribution in [0.1, 0.15) is 11.1 Å². The van der Waals surface area contributed by atoms with Crippen LogP contribution in [0.2, 0.25) is 5.02 Å². The lowest BCUT2D eigenvalue weighted by atomic mass is 10.2. The maximum absolute atomic E-state index is 6.19. The molecule has 0 saturated heterocycles. The van der Waals surface area contributed by atoms with Gasteiger partial charge < -0.3 is 14.8 Å². The number of nitrogens with zero attached hydrogens (tertiary/aromatic N) is 2. The average Bonchev–Trinajstić information content (AvgIpc) is 2.64. The number of ether oxygens (including phenoxy) is 2. The van der Waals surface area contributed by atoms with Crippen molar-refractivity contribution >= 4 is 35.1 Å². The normalized spacial score (nSPS) is 10.6. The van der Waals surface area contributed by atoms with Crippen LogP contribution in [0.3, 0.4) is 0 Å². The van der Waals surface area contributed by atoms with E-state index in [4.69, 9.17) is 33.3 Å². The lowest BCUT2D eigenvalue weighted by Gasteiger charge is -2.16. The molecule has 0 aliphatic rings. The summed E-state index contributed by atoms with van der Waals surface area (Å²) in [6.45, 7) is 0.641. The minimum atomic E-state index is 0.454. The molecule has 0 fully saturated rings. The van der Waals surface area contributed by atoms with Gasteiger partial charge >= 0.3 is 0 Å². The quantitative estimate of drug-likeness (QED) is 0.472. The molecule has 0 spiro atoms. The zero-order chi connectivity index (χ0) is 18.2. The molecule has 0 heterocycles. The smallest absolute Gasteiger partial charge is 0.189 e. The summed E-state index contributed by atoms with van der Waals surface area (Å²) in [5.74, 6) is 1.04. The predicted molar refractivity (Wildman–Crippen MR) is 106 cm³/mol. The lowest BCUT2D eigenvalue weighted by Crippen LogP contribution is -2.33. The average molecular weight is 378 g/mol. The number of benzene rings is 2. The third-order valence-electron chi connectivity index (χ3n) is 3.42. The van der Waals surface area contributed by atoms with E-state index in [0.717, 1.165) is 11.1 Å². The van der Waals surface area contributed by atoms with Crippen molar-refractivity contribution in [1.82, 2.24) is 10.3 Å². The highest BCUT2D eigenvalue weighted by Gasteiger charge is 2.10. The second-order valence-electron chi connectivity index (χ2n) is 5.15. The molecule has 25 heavy (non-hydrogen) atoms. The van der Waals surface area contributed by atoms with Crippen molar-refractivity contribution in [2.75, 3.05) is 21.3 Å². The first-order chi connectivity index (χ1) is 12.0. The van der Waals surface area contributed by atoms with E-state index in [1.807, 2.05) is 30.3 Å². The number of hydrazone groups is 1. The van der Waals surface area contributed by atoms with Crippen molar-refractivity contribution in [1.29, 1.82) is 0 Å². The topological polar surface area (TPSA) is 46.1 Å². The summed E-state index contributed by atoms with van der Waals surface area (Å²) in [6, 6.07) is 13.6. The fourth-order valence-electron chi connectivity index (χ4n) is 2.11. The monoisotopic (exact) mass is 377 g/mol. The van der Waals surface area contributed by atoms with E-state index < -0.39 is 0 Å². The Morgan fingerprint density at radius 3 is 2.60 bits per heavy atom. The van der Waals surface area contributed by atoms with E-state index >= 15 is 0 Å². The number of nitrogens with one attached hydrogen (secondary N) is 1. The first-order valence-electron chi connectivity index (χ1n) is 7.56. The number of hydrogen-bond acceptors (Lipinski definition) is 4. The molecule has 0 aliphatic carbocycles. The van der Waals surface area contributed by atoms with Crippen LogP contribution in [0.25, 0.3) is 0 Å². The van der Waals surface area contributed by atoms with Gasteiger partial charge in [-0.05, 0) is 35.5 Å². The molecule has 0 radical (unpaired) electrons. The number of hydrogen-bond donors (Lipinski definition) is 1. The third-order valence-corrected chi connectivity index (χ3v) is 4.11.